The highest BCUT2D eigenvalue weighted by molar-refractivity contribution is 5.87. The zero-order valence-electron chi connectivity index (χ0n) is 12.7. The van der Waals surface area contributed by atoms with Crippen LogP contribution in [0.2, 0.25) is 0 Å². The van der Waals surface area contributed by atoms with Crippen LogP contribution in [-0.2, 0) is 4.79 Å². The Balaban J connectivity index is 0.00000132. The Kier molecular flexibility index (Phi) is 6.99. The number of aromatic nitrogens is 4. The molecule has 2 aromatic heterocycles. The number of halogens is 2. The fraction of sp³-hybridized carbons (Fsp3) is 0.538. The number of imidazole rings is 1. The molecule has 23 heavy (non-hydrogen) atoms. The lowest BCUT2D eigenvalue weighted by atomic mass is 10.2. The van der Waals surface area contributed by atoms with E-state index in [1.165, 1.54) is 6.33 Å². The molecule has 2 aromatic rings. The van der Waals surface area contributed by atoms with Crippen molar-refractivity contribution in [2.24, 2.45) is 11.7 Å². The lowest BCUT2D eigenvalue weighted by Gasteiger charge is -2.21. The van der Waals surface area contributed by atoms with E-state index in [0.717, 1.165) is 18.4 Å². The molecule has 1 aliphatic rings. The molecule has 2 heterocycles. The number of nitrogens with two attached hydrogens (primary N) is 1. The highest BCUT2D eigenvalue weighted by atomic mass is 35.5. The molecule has 0 saturated heterocycles. The van der Waals surface area contributed by atoms with Gasteiger partial charge in [0.2, 0.25) is 5.91 Å². The van der Waals surface area contributed by atoms with Gasteiger partial charge < -0.3 is 20.9 Å². The fourth-order valence-electron chi connectivity index (χ4n) is 2.45. The average Bonchev–Trinajstić information content (AvgIpc) is 3.20. The van der Waals surface area contributed by atoms with Crippen LogP contribution < -0.4 is 16.0 Å². The van der Waals surface area contributed by atoms with Gasteiger partial charge in [0.05, 0.1) is 12.9 Å². The number of aromatic amines is 1. The Morgan fingerprint density at radius 3 is 2.83 bits per heavy atom. The first kappa shape index (κ1) is 19.4. The molecule has 4 N–H and O–H groups in total. The van der Waals surface area contributed by atoms with Gasteiger partial charge in [-0.15, -0.1) is 24.8 Å². The lowest BCUT2D eigenvalue weighted by Crippen LogP contribution is -2.45. The first-order valence-electron chi connectivity index (χ1n) is 7.03. The predicted molar refractivity (Wildman–Crippen MR) is 93.2 cm³/mol. The number of carbonyl (C=O) groups is 1. The zero-order valence-corrected chi connectivity index (χ0v) is 14.4. The molecule has 8 nitrogen and oxygen atoms in total. The van der Waals surface area contributed by atoms with Crippen molar-refractivity contribution < 1.29 is 4.79 Å². The van der Waals surface area contributed by atoms with E-state index in [0.29, 0.717) is 23.9 Å². The monoisotopic (exact) mass is 361 g/mol. The number of carbonyl (C=O) groups excluding carboxylic acids is 1. The summed E-state index contributed by atoms with van der Waals surface area (Å²) in [5.41, 5.74) is 7.02. The molecule has 1 unspecified atom stereocenters. The normalized spacial score (nSPS) is 14.5. The summed E-state index contributed by atoms with van der Waals surface area (Å²) >= 11 is 0. The molecule has 1 fully saturated rings. The fourth-order valence-corrected chi connectivity index (χ4v) is 2.45. The molecule has 1 saturated carbocycles. The van der Waals surface area contributed by atoms with Gasteiger partial charge in [-0.2, -0.15) is 0 Å². The second-order valence-corrected chi connectivity index (χ2v) is 5.40. The number of nitrogens with zero attached hydrogens (tertiary/aromatic N) is 4. The molecular formula is C13H21Cl2N7O. The van der Waals surface area contributed by atoms with Crippen molar-refractivity contribution in [2.75, 3.05) is 25.0 Å². The van der Waals surface area contributed by atoms with E-state index < -0.39 is 0 Å². The van der Waals surface area contributed by atoms with Gasteiger partial charge in [0, 0.05) is 19.6 Å². The van der Waals surface area contributed by atoms with Gasteiger partial charge in [0.25, 0.3) is 0 Å². The van der Waals surface area contributed by atoms with Crippen molar-refractivity contribution in [1.82, 2.24) is 25.3 Å². The highest BCUT2D eigenvalue weighted by Crippen LogP contribution is 2.32. The average molecular weight is 362 g/mol. The third-order valence-electron chi connectivity index (χ3n) is 3.74. The van der Waals surface area contributed by atoms with E-state index in [-0.39, 0.29) is 43.3 Å². The molecule has 3 rings (SSSR count). The summed E-state index contributed by atoms with van der Waals surface area (Å²) < 4.78 is 0. The Labute approximate surface area is 146 Å². The minimum absolute atomic E-state index is 0. The molecule has 0 radical (unpaired) electrons. The molecule has 1 amide bonds. The van der Waals surface area contributed by atoms with Crippen LogP contribution in [0.3, 0.4) is 0 Å². The number of anilines is 1. The molecule has 1 atom stereocenters. The maximum Gasteiger partial charge on any atom is 0.239 e. The van der Waals surface area contributed by atoms with Gasteiger partial charge in [-0.3, -0.25) is 4.79 Å². The van der Waals surface area contributed by atoms with Crippen LogP contribution in [0.4, 0.5) is 5.82 Å². The quantitative estimate of drug-likeness (QED) is 0.689. The number of rotatable bonds is 6. The molecule has 0 aliphatic heterocycles. The number of likely N-dealkylation sites (N-methyl/N-ethyl adjacent to an activating group) is 1. The van der Waals surface area contributed by atoms with Crippen molar-refractivity contribution in [3.63, 3.8) is 0 Å². The van der Waals surface area contributed by atoms with Gasteiger partial charge in [0.15, 0.2) is 11.5 Å². The van der Waals surface area contributed by atoms with Crippen molar-refractivity contribution >= 4 is 47.7 Å². The number of hydrogen-bond donors (Lipinski definition) is 3. The Morgan fingerprint density at radius 1 is 1.43 bits per heavy atom. The summed E-state index contributed by atoms with van der Waals surface area (Å²) in [5, 5.41) is 3.00. The van der Waals surface area contributed by atoms with Crippen LogP contribution in [0, 0.1) is 5.92 Å². The minimum Gasteiger partial charge on any atom is -0.350 e. The Hall–Kier alpha value is -1.64. The topological polar surface area (TPSA) is 113 Å². The summed E-state index contributed by atoms with van der Waals surface area (Å²) in [6, 6.07) is 0.0865. The third-order valence-corrected chi connectivity index (χ3v) is 3.74. The number of amides is 1. The van der Waals surface area contributed by atoms with Gasteiger partial charge in [-0.25, -0.2) is 15.0 Å². The second kappa shape index (κ2) is 8.28. The van der Waals surface area contributed by atoms with Gasteiger partial charge >= 0.3 is 0 Å². The SMILES string of the molecule is CN(CC(=O)NC(CN)C1CC1)c1ncnc2nc[nH]c12.Cl.Cl. The summed E-state index contributed by atoms with van der Waals surface area (Å²) in [6.45, 7) is 0.701. The van der Waals surface area contributed by atoms with E-state index in [1.54, 1.807) is 11.2 Å². The largest absolute Gasteiger partial charge is 0.350 e. The van der Waals surface area contributed by atoms with E-state index in [1.807, 2.05) is 7.05 Å². The number of nitrogens with one attached hydrogen (secondary N) is 2. The molecule has 0 spiro atoms. The Morgan fingerprint density at radius 2 is 2.17 bits per heavy atom. The first-order valence-corrected chi connectivity index (χ1v) is 7.03. The number of fused-ring (bicyclic) bond motifs is 1. The van der Waals surface area contributed by atoms with Crippen LogP contribution in [0.1, 0.15) is 12.8 Å². The van der Waals surface area contributed by atoms with Gasteiger partial charge in [-0.1, -0.05) is 0 Å². The van der Waals surface area contributed by atoms with Crippen molar-refractivity contribution in [3.8, 4) is 0 Å². The summed E-state index contributed by atoms with van der Waals surface area (Å²) in [7, 11) is 1.82. The smallest absolute Gasteiger partial charge is 0.239 e. The maximum atomic E-state index is 12.1. The maximum absolute atomic E-state index is 12.1. The minimum atomic E-state index is -0.0499. The number of hydrogen-bond acceptors (Lipinski definition) is 6. The molecular weight excluding hydrogens is 341 g/mol. The molecule has 128 valence electrons. The molecule has 0 bridgehead atoms. The van der Waals surface area contributed by atoms with E-state index in [9.17, 15) is 4.79 Å². The third kappa shape index (κ3) is 4.43. The van der Waals surface area contributed by atoms with Gasteiger partial charge in [-0.05, 0) is 18.8 Å². The standard InChI is InChI=1S/C13H19N7O.2ClH/c1-20(5-10(21)19-9(4-14)8-2-3-8)13-11-12(16-6-15-11)17-7-18-13;;/h6-9H,2-5,14H2,1H3,(H,19,21)(H,15,16,17,18);2*1H. The Bertz CT molecular complexity index is 646. The van der Waals surface area contributed by atoms with Crippen LogP contribution in [0.5, 0.6) is 0 Å². The van der Waals surface area contributed by atoms with Gasteiger partial charge in [0.1, 0.15) is 11.8 Å². The lowest BCUT2D eigenvalue weighted by molar-refractivity contribution is -0.120. The van der Waals surface area contributed by atoms with E-state index >= 15 is 0 Å². The zero-order chi connectivity index (χ0) is 14.8. The van der Waals surface area contributed by atoms with Crippen LogP contribution in [0.25, 0.3) is 11.2 Å². The van der Waals surface area contributed by atoms with Crippen LogP contribution >= 0.6 is 24.8 Å². The van der Waals surface area contributed by atoms with Crippen molar-refractivity contribution in [1.29, 1.82) is 0 Å². The molecule has 0 aromatic carbocycles. The van der Waals surface area contributed by atoms with Crippen molar-refractivity contribution in [2.45, 2.75) is 18.9 Å². The van der Waals surface area contributed by atoms with E-state index in [4.69, 9.17) is 5.73 Å². The van der Waals surface area contributed by atoms with Crippen LogP contribution in [-0.4, -0.2) is 52.0 Å². The first-order chi connectivity index (χ1) is 10.2. The summed E-state index contributed by atoms with van der Waals surface area (Å²) in [6.07, 6.45) is 5.31. The van der Waals surface area contributed by atoms with Crippen molar-refractivity contribution in [3.05, 3.63) is 12.7 Å². The number of H-pyrrole nitrogens is 1. The van der Waals surface area contributed by atoms with E-state index in [2.05, 4.69) is 25.3 Å². The summed E-state index contributed by atoms with van der Waals surface area (Å²) in [4.78, 5) is 29.3. The predicted octanol–water partition coefficient (Wildman–Crippen LogP) is 0.486. The highest BCUT2D eigenvalue weighted by Gasteiger charge is 2.31. The second-order valence-electron chi connectivity index (χ2n) is 5.40. The summed E-state index contributed by atoms with van der Waals surface area (Å²) in [5.74, 6) is 1.15. The molecule has 10 heteroatoms. The molecule has 1 aliphatic carbocycles. The van der Waals surface area contributed by atoms with Crippen LogP contribution in [0.15, 0.2) is 12.7 Å².